The molecule has 0 spiro atoms. The molecule has 0 aromatic heterocycles. The van der Waals surface area contributed by atoms with Crippen LogP contribution in [0.3, 0.4) is 0 Å². The maximum absolute atomic E-state index is 11.9. The molecule has 6 nitrogen and oxygen atoms in total. The van der Waals surface area contributed by atoms with E-state index in [1.807, 2.05) is 26.0 Å². The van der Waals surface area contributed by atoms with Gasteiger partial charge in [0.15, 0.2) is 5.96 Å². The standard InChI is InChI=1S/C19H30ClN5O.HI/c1-14-6-7-15(20)12-16(14)24-8-10-25(11-9-24)18(22-5)23-13-19(2,3)17(26)21-4;/h6-7,12H,8-11,13H2,1-5H3,(H,21,26)(H,22,23);1H. The molecule has 1 aliphatic rings. The predicted octanol–water partition coefficient (Wildman–Crippen LogP) is 2.74. The van der Waals surface area contributed by atoms with Crippen LogP contribution in [0.5, 0.6) is 0 Å². The first-order chi connectivity index (χ1) is 12.3. The van der Waals surface area contributed by atoms with Gasteiger partial charge < -0.3 is 20.4 Å². The smallest absolute Gasteiger partial charge is 0.227 e. The number of piperazine rings is 1. The number of aliphatic imine (C=N–C) groups is 1. The molecule has 152 valence electrons. The molecule has 8 heteroatoms. The molecule has 0 saturated carbocycles. The maximum Gasteiger partial charge on any atom is 0.227 e. The van der Waals surface area contributed by atoms with Crippen molar-refractivity contribution < 1.29 is 4.79 Å². The second-order valence-corrected chi connectivity index (χ2v) is 7.71. The van der Waals surface area contributed by atoms with Crippen LogP contribution in [0, 0.1) is 12.3 Å². The van der Waals surface area contributed by atoms with Crippen LogP contribution >= 0.6 is 35.6 Å². The lowest BCUT2D eigenvalue weighted by Crippen LogP contribution is -2.54. The van der Waals surface area contributed by atoms with Crippen LogP contribution in [-0.4, -0.2) is 63.6 Å². The third kappa shape index (κ3) is 6.14. The number of halogens is 2. The van der Waals surface area contributed by atoms with Crippen LogP contribution in [0.4, 0.5) is 5.69 Å². The summed E-state index contributed by atoms with van der Waals surface area (Å²) in [5, 5.41) is 6.82. The summed E-state index contributed by atoms with van der Waals surface area (Å²) >= 11 is 6.16. The number of nitrogens with zero attached hydrogens (tertiary/aromatic N) is 3. The van der Waals surface area contributed by atoms with Gasteiger partial charge in [0.25, 0.3) is 0 Å². The van der Waals surface area contributed by atoms with Crippen molar-refractivity contribution in [2.75, 3.05) is 51.7 Å². The van der Waals surface area contributed by atoms with Crippen molar-refractivity contribution in [3.8, 4) is 0 Å². The van der Waals surface area contributed by atoms with Crippen LogP contribution < -0.4 is 15.5 Å². The lowest BCUT2D eigenvalue weighted by Gasteiger charge is -2.39. The zero-order chi connectivity index (χ0) is 19.3. The summed E-state index contributed by atoms with van der Waals surface area (Å²) in [6.45, 7) is 10.0. The molecule has 1 amide bonds. The zero-order valence-electron chi connectivity index (χ0n) is 16.8. The van der Waals surface area contributed by atoms with Gasteiger partial charge in [0.2, 0.25) is 5.91 Å². The van der Waals surface area contributed by atoms with Gasteiger partial charge in [0, 0.05) is 57.5 Å². The number of carbonyl (C=O) groups is 1. The van der Waals surface area contributed by atoms with E-state index < -0.39 is 5.41 Å². The second kappa shape index (κ2) is 10.4. The Morgan fingerprint density at radius 3 is 2.44 bits per heavy atom. The van der Waals surface area contributed by atoms with E-state index >= 15 is 0 Å². The Hall–Kier alpha value is -1.22. The Kier molecular flexibility index (Phi) is 9.14. The molecule has 0 unspecified atom stereocenters. The van der Waals surface area contributed by atoms with Gasteiger partial charge in [-0.15, -0.1) is 24.0 Å². The molecule has 1 heterocycles. The van der Waals surface area contributed by atoms with Crippen LogP contribution in [0.25, 0.3) is 0 Å². The predicted molar refractivity (Wildman–Crippen MR) is 125 cm³/mol. The van der Waals surface area contributed by atoms with E-state index in [4.69, 9.17) is 11.6 Å². The number of rotatable bonds is 4. The van der Waals surface area contributed by atoms with Gasteiger partial charge >= 0.3 is 0 Å². The van der Waals surface area contributed by atoms with Gasteiger partial charge in [-0.1, -0.05) is 17.7 Å². The van der Waals surface area contributed by atoms with Crippen molar-refractivity contribution >= 4 is 53.1 Å². The monoisotopic (exact) mass is 507 g/mol. The highest BCUT2D eigenvalue weighted by molar-refractivity contribution is 14.0. The Morgan fingerprint density at radius 2 is 1.89 bits per heavy atom. The molecular weight excluding hydrogens is 477 g/mol. The summed E-state index contributed by atoms with van der Waals surface area (Å²) in [6, 6.07) is 6.02. The van der Waals surface area contributed by atoms with Gasteiger partial charge in [-0.05, 0) is 38.5 Å². The third-order valence-corrected chi connectivity index (χ3v) is 5.07. The zero-order valence-corrected chi connectivity index (χ0v) is 19.9. The average molecular weight is 508 g/mol. The van der Waals surface area contributed by atoms with Crippen molar-refractivity contribution in [3.05, 3.63) is 28.8 Å². The van der Waals surface area contributed by atoms with E-state index in [0.29, 0.717) is 6.54 Å². The lowest BCUT2D eigenvalue weighted by molar-refractivity contribution is -0.128. The van der Waals surface area contributed by atoms with Crippen LogP contribution in [0.15, 0.2) is 23.2 Å². The number of hydrogen-bond donors (Lipinski definition) is 2. The largest absolute Gasteiger partial charge is 0.368 e. The first kappa shape index (κ1) is 23.8. The van der Waals surface area contributed by atoms with E-state index in [0.717, 1.165) is 37.2 Å². The molecule has 2 N–H and O–H groups in total. The Bertz CT molecular complexity index is 672. The van der Waals surface area contributed by atoms with Gasteiger partial charge in [0.1, 0.15) is 0 Å². The third-order valence-electron chi connectivity index (χ3n) is 4.83. The molecule has 1 fully saturated rings. The summed E-state index contributed by atoms with van der Waals surface area (Å²) in [5.74, 6) is 0.853. The SMILES string of the molecule is CN=C(NCC(C)(C)C(=O)NC)N1CCN(c2cc(Cl)ccc2C)CC1.I. The first-order valence-corrected chi connectivity index (χ1v) is 9.35. The molecular formula is C19H31ClIN5O. The molecule has 0 bridgehead atoms. The quantitative estimate of drug-likeness (QED) is 0.374. The van der Waals surface area contributed by atoms with Crippen molar-refractivity contribution in [3.63, 3.8) is 0 Å². The van der Waals surface area contributed by atoms with E-state index in [9.17, 15) is 4.79 Å². The summed E-state index contributed by atoms with van der Waals surface area (Å²) in [7, 11) is 3.44. The Labute approximate surface area is 184 Å². The number of carbonyl (C=O) groups excluding carboxylic acids is 1. The number of hydrogen-bond acceptors (Lipinski definition) is 3. The highest BCUT2D eigenvalue weighted by Gasteiger charge is 2.28. The number of nitrogens with one attached hydrogen (secondary N) is 2. The fourth-order valence-electron chi connectivity index (χ4n) is 3.13. The summed E-state index contributed by atoms with van der Waals surface area (Å²) in [4.78, 5) is 20.9. The summed E-state index contributed by atoms with van der Waals surface area (Å²) in [5.41, 5.74) is 1.93. The van der Waals surface area contributed by atoms with Crippen molar-refractivity contribution in [2.45, 2.75) is 20.8 Å². The molecule has 0 aliphatic carbocycles. The van der Waals surface area contributed by atoms with E-state index in [1.165, 1.54) is 11.3 Å². The van der Waals surface area contributed by atoms with Crippen LogP contribution in [-0.2, 0) is 4.79 Å². The number of amides is 1. The van der Waals surface area contributed by atoms with E-state index in [2.05, 4.69) is 38.4 Å². The topological polar surface area (TPSA) is 60.0 Å². The van der Waals surface area contributed by atoms with Gasteiger partial charge in [-0.3, -0.25) is 9.79 Å². The second-order valence-electron chi connectivity index (χ2n) is 7.27. The normalized spacial score (nSPS) is 15.3. The molecule has 0 radical (unpaired) electrons. The summed E-state index contributed by atoms with van der Waals surface area (Å²) in [6.07, 6.45) is 0. The average Bonchev–Trinajstić information content (AvgIpc) is 2.64. The molecule has 2 rings (SSSR count). The molecule has 1 aliphatic heterocycles. The fraction of sp³-hybridized carbons (Fsp3) is 0.579. The Balaban J connectivity index is 0.00000364. The van der Waals surface area contributed by atoms with Crippen LogP contribution in [0.2, 0.25) is 5.02 Å². The number of aryl methyl sites for hydroxylation is 1. The fourth-order valence-corrected chi connectivity index (χ4v) is 3.30. The highest BCUT2D eigenvalue weighted by Crippen LogP contribution is 2.25. The molecule has 1 saturated heterocycles. The lowest BCUT2D eigenvalue weighted by atomic mass is 9.92. The van der Waals surface area contributed by atoms with Gasteiger partial charge in [0.05, 0.1) is 5.41 Å². The molecule has 1 aromatic carbocycles. The minimum atomic E-state index is -0.496. The highest BCUT2D eigenvalue weighted by atomic mass is 127. The van der Waals surface area contributed by atoms with E-state index in [-0.39, 0.29) is 29.9 Å². The van der Waals surface area contributed by atoms with Crippen molar-refractivity contribution in [1.29, 1.82) is 0 Å². The van der Waals surface area contributed by atoms with Gasteiger partial charge in [-0.25, -0.2) is 0 Å². The van der Waals surface area contributed by atoms with Crippen molar-refractivity contribution in [1.82, 2.24) is 15.5 Å². The first-order valence-electron chi connectivity index (χ1n) is 8.97. The molecule has 1 aromatic rings. The molecule has 27 heavy (non-hydrogen) atoms. The minimum Gasteiger partial charge on any atom is -0.368 e. The summed E-state index contributed by atoms with van der Waals surface area (Å²) < 4.78 is 0. The maximum atomic E-state index is 11.9. The molecule has 0 atom stereocenters. The number of benzene rings is 1. The van der Waals surface area contributed by atoms with E-state index in [1.54, 1.807) is 14.1 Å². The Morgan fingerprint density at radius 1 is 1.26 bits per heavy atom. The minimum absolute atomic E-state index is 0. The van der Waals surface area contributed by atoms with Crippen molar-refractivity contribution in [2.24, 2.45) is 10.4 Å². The van der Waals surface area contributed by atoms with Crippen LogP contribution in [0.1, 0.15) is 19.4 Å². The van der Waals surface area contributed by atoms with Gasteiger partial charge in [-0.2, -0.15) is 0 Å². The number of anilines is 1. The number of guanidine groups is 1.